The van der Waals surface area contributed by atoms with E-state index in [1.165, 1.54) is 0 Å². The monoisotopic (exact) mass is 317 g/mol. The molecule has 2 amide bonds. The molecule has 0 aliphatic carbocycles. The molecule has 0 saturated carbocycles. The van der Waals surface area contributed by atoms with Gasteiger partial charge in [0.05, 0.1) is 0 Å². The van der Waals surface area contributed by atoms with Crippen LogP contribution in [0.5, 0.6) is 0 Å². The maximum Gasteiger partial charge on any atom is 0.253 e. The summed E-state index contributed by atoms with van der Waals surface area (Å²) in [4.78, 5) is 28.0. The van der Waals surface area contributed by atoms with Gasteiger partial charge in [-0.15, -0.1) is 0 Å². The first-order valence-corrected chi connectivity index (χ1v) is 8.54. The molecule has 1 fully saturated rings. The highest BCUT2D eigenvalue weighted by Gasteiger charge is 2.21. The average Bonchev–Trinajstić information content (AvgIpc) is 2.60. The van der Waals surface area contributed by atoms with E-state index in [1.807, 2.05) is 42.2 Å². The number of hydrogen-bond donors (Lipinski definition) is 1. The summed E-state index contributed by atoms with van der Waals surface area (Å²) in [6.45, 7) is 7.08. The lowest BCUT2D eigenvalue weighted by molar-refractivity contribution is -0.121. The first kappa shape index (κ1) is 17.5. The van der Waals surface area contributed by atoms with E-state index in [9.17, 15) is 9.59 Å². The van der Waals surface area contributed by atoms with E-state index in [0.717, 1.165) is 57.7 Å². The summed E-state index contributed by atoms with van der Waals surface area (Å²) in [5.74, 6) is 0.267. The lowest BCUT2D eigenvalue weighted by Gasteiger charge is -2.34. The van der Waals surface area contributed by atoms with Gasteiger partial charge in [-0.1, -0.05) is 25.1 Å². The first-order valence-electron chi connectivity index (χ1n) is 8.54. The molecule has 1 aliphatic rings. The summed E-state index contributed by atoms with van der Waals surface area (Å²) in [7, 11) is 0. The van der Waals surface area contributed by atoms with Gasteiger partial charge in [0.2, 0.25) is 5.91 Å². The highest BCUT2D eigenvalue weighted by Crippen LogP contribution is 2.08. The molecule has 1 heterocycles. The topological polar surface area (TPSA) is 52.7 Å². The van der Waals surface area contributed by atoms with Gasteiger partial charge in [0, 0.05) is 44.7 Å². The van der Waals surface area contributed by atoms with Crippen molar-refractivity contribution in [2.24, 2.45) is 0 Å². The van der Waals surface area contributed by atoms with Crippen LogP contribution in [0.3, 0.4) is 0 Å². The summed E-state index contributed by atoms with van der Waals surface area (Å²) in [6.07, 6.45) is 2.46. The molecule has 23 heavy (non-hydrogen) atoms. The fourth-order valence-corrected chi connectivity index (χ4v) is 2.78. The zero-order valence-electron chi connectivity index (χ0n) is 14.0. The Morgan fingerprint density at radius 1 is 1.09 bits per heavy atom. The molecule has 1 N–H and O–H groups in total. The number of carbonyl (C=O) groups excluding carboxylic acids is 2. The molecule has 1 aromatic carbocycles. The third-order valence-electron chi connectivity index (χ3n) is 4.13. The second kappa shape index (κ2) is 9.30. The van der Waals surface area contributed by atoms with E-state index < -0.39 is 0 Å². The van der Waals surface area contributed by atoms with Crippen LogP contribution in [-0.4, -0.2) is 60.9 Å². The van der Waals surface area contributed by atoms with Gasteiger partial charge >= 0.3 is 0 Å². The van der Waals surface area contributed by atoms with Crippen molar-refractivity contribution in [1.29, 1.82) is 0 Å². The Labute approximate surface area is 138 Å². The van der Waals surface area contributed by atoms with Gasteiger partial charge < -0.3 is 10.2 Å². The maximum absolute atomic E-state index is 12.4. The fourth-order valence-electron chi connectivity index (χ4n) is 2.78. The third-order valence-corrected chi connectivity index (χ3v) is 4.13. The van der Waals surface area contributed by atoms with Gasteiger partial charge in [-0.3, -0.25) is 14.5 Å². The number of hydrogen-bond acceptors (Lipinski definition) is 3. The number of piperazine rings is 1. The molecule has 0 bridgehead atoms. The SMILES string of the molecule is CCCC(=O)NCCCN1CCN(C(=O)c2ccccc2)CC1. The van der Waals surface area contributed by atoms with Crippen molar-refractivity contribution in [3.8, 4) is 0 Å². The van der Waals surface area contributed by atoms with E-state index >= 15 is 0 Å². The molecule has 126 valence electrons. The van der Waals surface area contributed by atoms with Crippen LogP contribution in [-0.2, 0) is 4.79 Å². The minimum Gasteiger partial charge on any atom is -0.356 e. The molecular formula is C18H27N3O2. The van der Waals surface area contributed by atoms with Crippen LogP contribution in [0.4, 0.5) is 0 Å². The molecule has 0 radical (unpaired) electrons. The molecule has 0 atom stereocenters. The van der Waals surface area contributed by atoms with Crippen molar-refractivity contribution < 1.29 is 9.59 Å². The van der Waals surface area contributed by atoms with Gasteiger partial charge in [-0.25, -0.2) is 0 Å². The normalized spacial score (nSPS) is 15.4. The van der Waals surface area contributed by atoms with Crippen LogP contribution in [0.15, 0.2) is 30.3 Å². The fraction of sp³-hybridized carbons (Fsp3) is 0.556. The highest BCUT2D eigenvalue weighted by molar-refractivity contribution is 5.94. The first-order chi connectivity index (χ1) is 11.2. The number of rotatable bonds is 7. The van der Waals surface area contributed by atoms with Gasteiger partial charge in [-0.05, 0) is 31.5 Å². The summed E-state index contributed by atoms with van der Waals surface area (Å²) in [5, 5.41) is 2.94. The van der Waals surface area contributed by atoms with Crippen LogP contribution in [0.1, 0.15) is 36.5 Å². The Hall–Kier alpha value is -1.88. The molecule has 1 aliphatic heterocycles. The summed E-state index contributed by atoms with van der Waals surface area (Å²) >= 11 is 0. The molecule has 5 heteroatoms. The van der Waals surface area contributed by atoms with Crippen LogP contribution in [0.2, 0.25) is 0 Å². The van der Waals surface area contributed by atoms with Crippen LogP contribution in [0, 0.1) is 0 Å². The van der Waals surface area contributed by atoms with Crippen molar-refractivity contribution in [3.63, 3.8) is 0 Å². The lowest BCUT2D eigenvalue weighted by Crippen LogP contribution is -2.49. The average molecular weight is 317 g/mol. The van der Waals surface area contributed by atoms with E-state index in [2.05, 4.69) is 10.2 Å². The summed E-state index contributed by atoms with van der Waals surface area (Å²) < 4.78 is 0. The zero-order chi connectivity index (χ0) is 16.5. The molecule has 5 nitrogen and oxygen atoms in total. The van der Waals surface area contributed by atoms with E-state index in [4.69, 9.17) is 0 Å². The van der Waals surface area contributed by atoms with E-state index in [-0.39, 0.29) is 11.8 Å². The van der Waals surface area contributed by atoms with Crippen molar-refractivity contribution in [2.45, 2.75) is 26.2 Å². The minimum atomic E-state index is 0.122. The Kier molecular flexibility index (Phi) is 7.07. The van der Waals surface area contributed by atoms with Crippen LogP contribution in [0.25, 0.3) is 0 Å². The Morgan fingerprint density at radius 3 is 2.43 bits per heavy atom. The number of benzene rings is 1. The number of nitrogens with zero attached hydrogens (tertiary/aromatic N) is 2. The smallest absolute Gasteiger partial charge is 0.253 e. The Bertz CT molecular complexity index is 496. The van der Waals surface area contributed by atoms with Gasteiger partial charge in [0.15, 0.2) is 0 Å². The highest BCUT2D eigenvalue weighted by atomic mass is 16.2. The number of amides is 2. The predicted octanol–water partition coefficient (Wildman–Crippen LogP) is 1.75. The van der Waals surface area contributed by atoms with Crippen LogP contribution < -0.4 is 5.32 Å². The standard InChI is InChI=1S/C18H27N3O2/c1-2-7-17(22)19-10-6-11-20-12-14-21(15-13-20)18(23)16-8-4-3-5-9-16/h3-5,8-9H,2,6-7,10-15H2,1H3,(H,19,22). The van der Waals surface area contributed by atoms with Crippen molar-refractivity contribution in [3.05, 3.63) is 35.9 Å². The third kappa shape index (κ3) is 5.67. The lowest BCUT2D eigenvalue weighted by atomic mass is 10.2. The molecule has 0 unspecified atom stereocenters. The predicted molar refractivity (Wildman–Crippen MR) is 91.3 cm³/mol. The maximum atomic E-state index is 12.4. The molecule has 1 saturated heterocycles. The summed E-state index contributed by atoms with van der Waals surface area (Å²) in [6, 6.07) is 9.46. The second-order valence-electron chi connectivity index (χ2n) is 5.95. The minimum absolute atomic E-state index is 0.122. The Morgan fingerprint density at radius 2 is 1.78 bits per heavy atom. The summed E-state index contributed by atoms with van der Waals surface area (Å²) in [5.41, 5.74) is 0.764. The quantitative estimate of drug-likeness (QED) is 0.780. The number of carbonyl (C=O) groups is 2. The van der Waals surface area contributed by atoms with Crippen molar-refractivity contribution in [2.75, 3.05) is 39.3 Å². The molecule has 0 aromatic heterocycles. The molecular weight excluding hydrogens is 290 g/mol. The largest absolute Gasteiger partial charge is 0.356 e. The molecule has 1 aromatic rings. The molecule has 2 rings (SSSR count). The van der Waals surface area contributed by atoms with Gasteiger partial charge in [0.25, 0.3) is 5.91 Å². The van der Waals surface area contributed by atoms with Crippen LogP contribution >= 0.6 is 0 Å². The van der Waals surface area contributed by atoms with Gasteiger partial charge in [0.1, 0.15) is 0 Å². The Balaban J connectivity index is 1.64. The molecule has 0 spiro atoms. The van der Waals surface area contributed by atoms with Gasteiger partial charge in [-0.2, -0.15) is 0 Å². The van der Waals surface area contributed by atoms with E-state index in [1.54, 1.807) is 0 Å². The van der Waals surface area contributed by atoms with E-state index in [0.29, 0.717) is 6.42 Å². The number of nitrogens with one attached hydrogen (secondary N) is 1. The van der Waals surface area contributed by atoms with Crippen molar-refractivity contribution >= 4 is 11.8 Å². The zero-order valence-corrected chi connectivity index (χ0v) is 14.0. The second-order valence-corrected chi connectivity index (χ2v) is 5.95. The van der Waals surface area contributed by atoms with Crippen molar-refractivity contribution in [1.82, 2.24) is 15.1 Å².